The molecule has 1 saturated carbocycles. The van der Waals surface area contributed by atoms with E-state index in [4.69, 9.17) is 4.74 Å². The molecule has 0 aromatic heterocycles. The standard InChI is InChI=1S/C18H22O3/c1-2-21-18(20)17(12-13-19)16-10-8-15(9-11-16)14-6-4-3-5-7-14/h3-7,13,15H,2,8-12H2,1H3. The molecule has 1 aromatic rings. The summed E-state index contributed by atoms with van der Waals surface area (Å²) in [7, 11) is 0. The molecule has 0 radical (unpaired) electrons. The maximum atomic E-state index is 11.9. The van der Waals surface area contributed by atoms with Gasteiger partial charge in [0.1, 0.15) is 6.29 Å². The highest BCUT2D eigenvalue weighted by atomic mass is 16.5. The summed E-state index contributed by atoms with van der Waals surface area (Å²) in [6, 6.07) is 10.5. The van der Waals surface area contributed by atoms with Crippen LogP contribution in [0.5, 0.6) is 0 Å². The number of carbonyl (C=O) groups is 2. The van der Waals surface area contributed by atoms with Crippen molar-refractivity contribution in [1.82, 2.24) is 0 Å². The molecule has 3 nitrogen and oxygen atoms in total. The van der Waals surface area contributed by atoms with E-state index in [1.54, 1.807) is 6.92 Å². The first-order valence-electron chi connectivity index (χ1n) is 7.62. The van der Waals surface area contributed by atoms with E-state index < -0.39 is 0 Å². The van der Waals surface area contributed by atoms with Crippen LogP contribution in [0, 0.1) is 0 Å². The van der Waals surface area contributed by atoms with Crippen molar-refractivity contribution in [2.24, 2.45) is 0 Å². The Morgan fingerprint density at radius 3 is 2.48 bits per heavy atom. The van der Waals surface area contributed by atoms with E-state index >= 15 is 0 Å². The lowest BCUT2D eigenvalue weighted by Gasteiger charge is -2.25. The second-order valence-corrected chi connectivity index (χ2v) is 5.36. The zero-order valence-corrected chi connectivity index (χ0v) is 12.5. The van der Waals surface area contributed by atoms with Crippen LogP contribution in [0.4, 0.5) is 0 Å². The van der Waals surface area contributed by atoms with E-state index in [2.05, 4.69) is 24.3 Å². The monoisotopic (exact) mass is 286 g/mol. The fourth-order valence-electron chi connectivity index (χ4n) is 3.00. The van der Waals surface area contributed by atoms with Gasteiger partial charge in [-0.2, -0.15) is 0 Å². The molecule has 21 heavy (non-hydrogen) atoms. The summed E-state index contributed by atoms with van der Waals surface area (Å²) in [5, 5.41) is 0. The lowest BCUT2D eigenvalue weighted by atomic mass is 9.80. The Morgan fingerprint density at radius 2 is 1.90 bits per heavy atom. The second-order valence-electron chi connectivity index (χ2n) is 5.36. The first kappa shape index (κ1) is 15.5. The van der Waals surface area contributed by atoms with Crippen molar-refractivity contribution in [3.63, 3.8) is 0 Å². The fraction of sp³-hybridized carbons (Fsp3) is 0.444. The van der Waals surface area contributed by atoms with Crippen molar-refractivity contribution in [1.29, 1.82) is 0 Å². The third-order valence-corrected chi connectivity index (χ3v) is 4.10. The highest BCUT2D eigenvalue weighted by molar-refractivity contribution is 5.92. The Balaban J connectivity index is 2.07. The first-order valence-corrected chi connectivity index (χ1v) is 7.62. The molecular formula is C18H22O3. The van der Waals surface area contributed by atoms with Crippen molar-refractivity contribution >= 4 is 12.3 Å². The smallest absolute Gasteiger partial charge is 0.334 e. The molecule has 1 aromatic carbocycles. The average molecular weight is 286 g/mol. The molecule has 0 unspecified atom stereocenters. The molecule has 2 rings (SSSR count). The van der Waals surface area contributed by atoms with Crippen LogP contribution in [0.1, 0.15) is 50.5 Å². The number of benzene rings is 1. The van der Waals surface area contributed by atoms with E-state index in [0.29, 0.717) is 18.1 Å². The Bertz CT molecular complexity index is 507. The van der Waals surface area contributed by atoms with Crippen molar-refractivity contribution < 1.29 is 14.3 Å². The number of hydrogen-bond acceptors (Lipinski definition) is 3. The molecule has 0 amide bonds. The zero-order valence-electron chi connectivity index (χ0n) is 12.5. The topological polar surface area (TPSA) is 43.4 Å². The molecule has 1 aliphatic rings. The summed E-state index contributed by atoms with van der Waals surface area (Å²) < 4.78 is 5.07. The van der Waals surface area contributed by atoms with Crippen LogP contribution >= 0.6 is 0 Å². The number of aldehydes is 1. The Morgan fingerprint density at radius 1 is 1.24 bits per heavy atom. The number of ether oxygens (including phenoxy) is 1. The number of allylic oxidation sites excluding steroid dienone is 1. The van der Waals surface area contributed by atoms with Crippen LogP contribution < -0.4 is 0 Å². The molecule has 1 fully saturated rings. The number of hydrogen-bond donors (Lipinski definition) is 0. The van der Waals surface area contributed by atoms with Gasteiger partial charge in [-0.15, -0.1) is 0 Å². The van der Waals surface area contributed by atoms with Crippen LogP contribution in [0.25, 0.3) is 0 Å². The first-order chi connectivity index (χ1) is 10.3. The molecule has 0 atom stereocenters. The molecule has 112 valence electrons. The van der Waals surface area contributed by atoms with Crippen molar-refractivity contribution in [2.75, 3.05) is 6.61 Å². The fourth-order valence-corrected chi connectivity index (χ4v) is 3.00. The third-order valence-electron chi connectivity index (χ3n) is 4.10. The average Bonchev–Trinajstić information content (AvgIpc) is 2.54. The summed E-state index contributed by atoms with van der Waals surface area (Å²) >= 11 is 0. The van der Waals surface area contributed by atoms with Crippen LogP contribution in [-0.2, 0) is 14.3 Å². The van der Waals surface area contributed by atoms with Crippen LogP contribution in [0.3, 0.4) is 0 Å². The predicted octanol–water partition coefficient (Wildman–Crippen LogP) is 3.79. The van der Waals surface area contributed by atoms with Gasteiger partial charge in [-0.1, -0.05) is 35.9 Å². The number of esters is 1. The number of rotatable bonds is 5. The summed E-state index contributed by atoms with van der Waals surface area (Å²) in [6.45, 7) is 2.13. The van der Waals surface area contributed by atoms with Crippen LogP contribution in [0.2, 0.25) is 0 Å². The summed E-state index contributed by atoms with van der Waals surface area (Å²) in [5.74, 6) is 0.229. The van der Waals surface area contributed by atoms with E-state index in [1.807, 2.05) is 6.07 Å². The highest BCUT2D eigenvalue weighted by Gasteiger charge is 2.23. The Hall–Kier alpha value is -1.90. The second kappa shape index (κ2) is 7.77. The summed E-state index contributed by atoms with van der Waals surface area (Å²) in [6.07, 6.45) is 4.78. The third kappa shape index (κ3) is 4.03. The van der Waals surface area contributed by atoms with Gasteiger partial charge in [0.25, 0.3) is 0 Å². The van der Waals surface area contributed by atoms with Crippen LogP contribution in [0.15, 0.2) is 41.5 Å². The molecule has 0 aliphatic heterocycles. The lowest BCUT2D eigenvalue weighted by molar-refractivity contribution is -0.139. The Labute approximate surface area is 126 Å². The molecule has 0 saturated heterocycles. The van der Waals surface area contributed by atoms with Gasteiger partial charge in [0.2, 0.25) is 0 Å². The normalized spacial score (nSPS) is 18.1. The highest BCUT2D eigenvalue weighted by Crippen LogP contribution is 2.37. The van der Waals surface area contributed by atoms with Gasteiger partial charge in [0.05, 0.1) is 6.61 Å². The molecule has 1 aliphatic carbocycles. The predicted molar refractivity (Wildman–Crippen MR) is 82.0 cm³/mol. The van der Waals surface area contributed by atoms with Gasteiger partial charge in [-0.3, -0.25) is 0 Å². The molecular weight excluding hydrogens is 264 g/mol. The maximum absolute atomic E-state index is 11.9. The van der Waals surface area contributed by atoms with Gasteiger partial charge in [0, 0.05) is 12.0 Å². The molecule has 0 bridgehead atoms. The summed E-state index contributed by atoms with van der Waals surface area (Å²) in [4.78, 5) is 22.8. The van der Waals surface area contributed by atoms with Gasteiger partial charge in [0.15, 0.2) is 0 Å². The molecule has 3 heteroatoms. The van der Waals surface area contributed by atoms with Gasteiger partial charge in [-0.05, 0) is 44.1 Å². The van der Waals surface area contributed by atoms with Crippen molar-refractivity contribution in [3.05, 3.63) is 47.0 Å². The Kier molecular flexibility index (Phi) is 5.73. The van der Waals surface area contributed by atoms with E-state index in [9.17, 15) is 9.59 Å². The zero-order chi connectivity index (χ0) is 15.1. The molecule has 0 heterocycles. The van der Waals surface area contributed by atoms with E-state index in [1.165, 1.54) is 5.56 Å². The number of carbonyl (C=O) groups excluding carboxylic acids is 2. The van der Waals surface area contributed by atoms with E-state index in [-0.39, 0.29) is 12.4 Å². The molecule has 0 spiro atoms. The van der Waals surface area contributed by atoms with Gasteiger partial charge < -0.3 is 9.53 Å². The molecule has 0 N–H and O–H groups in total. The van der Waals surface area contributed by atoms with Crippen molar-refractivity contribution in [2.45, 2.75) is 44.9 Å². The maximum Gasteiger partial charge on any atom is 0.334 e. The quantitative estimate of drug-likeness (QED) is 0.470. The van der Waals surface area contributed by atoms with E-state index in [0.717, 1.165) is 37.5 Å². The van der Waals surface area contributed by atoms with Crippen molar-refractivity contribution in [3.8, 4) is 0 Å². The van der Waals surface area contributed by atoms with Crippen LogP contribution in [-0.4, -0.2) is 18.9 Å². The lowest BCUT2D eigenvalue weighted by Crippen LogP contribution is -2.15. The van der Waals surface area contributed by atoms with Gasteiger partial charge >= 0.3 is 5.97 Å². The SMILES string of the molecule is CCOC(=O)C(CC=O)=C1CCC(c2ccccc2)CC1. The van der Waals surface area contributed by atoms with Gasteiger partial charge in [-0.25, -0.2) is 4.79 Å². The largest absolute Gasteiger partial charge is 0.463 e. The minimum absolute atomic E-state index is 0.171. The summed E-state index contributed by atoms with van der Waals surface area (Å²) in [5.41, 5.74) is 3.05. The minimum Gasteiger partial charge on any atom is -0.463 e. The minimum atomic E-state index is -0.322.